The molecular weight excluding hydrogens is 448 g/mol. The number of aromatic nitrogens is 1. The number of anilines is 1. The molecule has 6 nitrogen and oxygen atoms in total. The number of nitrogens with one attached hydrogen (secondary N) is 2. The first-order valence-electron chi connectivity index (χ1n) is 12.5. The van der Waals surface area contributed by atoms with Crippen LogP contribution in [0.1, 0.15) is 30.0 Å². The fourth-order valence-electron chi connectivity index (χ4n) is 4.31. The zero-order valence-electron chi connectivity index (χ0n) is 21.0. The normalized spacial score (nSPS) is 10.8. The zero-order chi connectivity index (χ0) is 25.3. The van der Waals surface area contributed by atoms with Crippen molar-refractivity contribution in [3.63, 3.8) is 0 Å². The number of nitrogens with zero attached hydrogens (tertiary/aromatic N) is 2. The van der Waals surface area contributed by atoms with Crippen LogP contribution in [-0.2, 0) is 17.8 Å². The highest BCUT2D eigenvalue weighted by atomic mass is 16.2. The number of H-pyrrole nitrogens is 1. The van der Waals surface area contributed by atoms with E-state index in [9.17, 15) is 9.59 Å². The van der Waals surface area contributed by atoms with Crippen molar-refractivity contribution in [1.82, 2.24) is 14.8 Å². The van der Waals surface area contributed by atoms with Crippen molar-refractivity contribution in [1.29, 1.82) is 0 Å². The second-order valence-electron chi connectivity index (χ2n) is 9.13. The van der Waals surface area contributed by atoms with Crippen LogP contribution in [0.15, 0.2) is 85.1 Å². The number of amides is 3. The van der Waals surface area contributed by atoms with Crippen LogP contribution in [0.25, 0.3) is 10.9 Å². The number of fused-ring (bicyclic) bond motifs is 1. The molecule has 2 N–H and O–H groups in total. The largest absolute Gasteiger partial charge is 0.361 e. The smallest absolute Gasteiger partial charge is 0.322 e. The van der Waals surface area contributed by atoms with E-state index < -0.39 is 0 Å². The molecule has 36 heavy (non-hydrogen) atoms. The van der Waals surface area contributed by atoms with E-state index in [-0.39, 0.29) is 18.5 Å². The lowest BCUT2D eigenvalue weighted by atomic mass is 10.1. The maximum atomic E-state index is 13.6. The lowest BCUT2D eigenvalue weighted by molar-refractivity contribution is -0.132. The Hall–Kier alpha value is -4.06. The molecule has 0 aliphatic heterocycles. The SMILES string of the molecule is CCCN(CC(=O)N(CCc1c[nH]c2ccccc12)Cc1ccccc1)C(=O)Nc1ccc(C)cc1. The van der Waals surface area contributed by atoms with Crippen LogP contribution < -0.4 is 5.32 Å². The first kappa shape index (κ1) is 25.0. The van der Waals surface area contributed by atoms with E-state index in [2.05, 4.69) is 22.4 Å². The third-order valence-electron chi connectivity index (χ3n) is 6.30. The molecule has 0 atom stereocenters. The topological polar surface area (TPSA) is 68.4 Å². The summed E-state index contributed by atoms with van der Waals surface area (Å²) in [5.74, 6) is -0.0637. The number of hydrogen-bond donors (Lipinski definition) is 2. The van der Waals surface area contributed by atoms with Gasteiger partial charge >= 0.3 is 6.03 Å². The molecule has 4 aromatic rings. The van der Waals surface area contributed by atoms with E-state index in [1.165, 1.54) is 10.9 Å². The summed E-state index contributed by atoms with van der Waals surface area (Å²) in [6.07, 6.45) is 3.52. The molecule has 3 aromatic carbocycles. The fraction of sp³-hybridized carbons (Fsp3) is 0.267. The predicted molar refractivity (Wildman–Crippen MR) is 146 cm³/mol. The Bertz CT molecular complexity index is 1280. The molecule has 186 valence electrons. The molecule has 4 rings (SSSR count). The Labute approximate surface area is 212 Å². The van der Waals surface area contributed by atoms with E-state index in [1.54, 1.807) is 4.90 Å². The minimum absolute atomic E-state index is 0.0340. The number of aryl methyl sites for hydroxylation is 1. The monoisotopic (exact) mass is 482 g/mol. The number of carbonyl (C=O) groups excluding carboxylic acids is 2. The van der Waals surface area contributed by atoms with Gasteiger partial charge in [0.2, 0.25) is 5.91 Å². The number of rotatable bonds is 10. The molecule has 6 heteroatoms. The van der Waals surface area contributed by atoms with Gasteiger partial charge in [-0.05, 0) is 49.1 Å². The summed E-state index contributed by atoms with van der Waals surface area (Å²) in [7, 11) is 0. The third-order valence-corrected chi connectivity index (χ3v) is 6.30. The van der Waals surface area contributed by atoms with Gasteiger partial charge in [0.05, 0.1) is 0 Å². The standard InChI is InChI=1S/C30H34N4O2/c1-3-18-34(30(36)32-26-15-13-23(2)14-16-26)22-29(35)33(21-24-9-5-4-6-10-24)19-17-25-20-31-28-12-8-7-11-27(25)28/h4-16,20,31H,3,17-19,21-22H2,1-2H3,(H,32,36). The highest BCUT2D eigenvalue weighted by molar-refractivity contribution is 5.92. The summed E-state index contributed by atoms with van der Waals surface area (Å²) >= 11 is 0. The highest BCUT2D eigenvalue weighted by Crippen LogP contribution is 2.19. The van der Waals surface area contributed by atoms with Gasteiger partial charge in [-0.15, -0.1) is 0 Å². The summed E-state index contributed by atoms with van der Waals surface area (Å²) < 4.78 is 0. The average molecular weight is 483 g/mol. The van der Waals surface area contributed by atoms with Gasteiger partial charge in [0, 0.05) is 42.4 Å². The molecule has 1 heterocycles. The first-order chi connectivity index (χ1) is 17.5. The van der Waals surface area contributed by atoms with Crippen molar-refractivity contribution in [2.75, 3.05) is 25.0 Å². The maximum Gasteiger partial charge on any atom is 0.322 e. The van der Waals surface area contributed by atoms with Gasteiger partial charge in [-0.2, -0.15) is 0 Å². The summed E-state index contributed by atoms with van der Waals surface area (Å²) in [6, 6.07) is 25.6. The Morgan fingerprint density at radius 3 is 2.33 bits per heavy atom. The van der Waals surface area contributed by atoms with E-state index >= 15 is 0 Å². The number of benzene rings is 3. The van der Waals surface area contributed by atoms with Crippen LogP contribution >= 0.6 is 0 Å². The van der Waals surface area contributed by atoms with E-state index in [1.807, 2.05) is 91.7 Å². The molecule has 1 aromatic heterocycles. The Kier molecular flexibility index (Phi) is 8.40. The zero-order valence-corrected chi connectivity index (χ0v) is 21.0. The summed E-state index contributed by atoms with van der Waals surface area (Å²) in [5, 5.41) is 4.11. The van der Waals surface area contributed by atoms with Crippen molar-refractivity contribution in [3.8, 4) is 0 Å². The summed E-state index contributed by atoms with van der Waals surface area (Å²) in [5.41, 5.74) is 5.19. The Morgan fingerprint density at radius 1 is 0.861 bits per heavy atom. The van der Waals surface area contributed by atoms with Gasteiger partial charge in [-0.3, -0.25) is 4.79 Å². The molecule has 0 saturated heterocycles. The lowest BCUT2D eigenvalue weighted by Gasteiger charge is -2.28. The molecule has 0 fully saturated rings. The maximum absolute atomic E-state index is 13.6. The molecule has 3 amide bonds. The number of hydrogen-bond acceptors (Lipinski definition) is 2. The van der Waals surface area contributed by atoms with Gasteiger partial charge in [0.1, 0.15) is 6.54 Å². The minimum atomic E-state index is -0.259. The molecule has 0 saturated carbocycles. The fourth-order valence-corrected chi connectivity index (χ4v) is 4.31. The van der Waals surface area contributed by atoms with Gasteiger partial charge in [-0.25, -0.2) is 4.79 Å². The minimum Gasteiger partial charge on any atom is -0.361 e. The number of para-hydroxylation sites is 1. The summed E-state index contributed by atoms with van der Waals surface area (Å²) in [6.45, 7) is 5.62. The summed E-state index contributed by atoms with van der Waals surface area (Å²) in [4.78, 5) is 33.4. The van der Waals surface area contributed by atoms with Gasteiger partial charge < -0.3 is 20.1 Å². The second-order valence-corrected chi connectivity index (χ2v) is 9.13. The van der Waals surface area contributed by atoms with Gasteiger partial charge in [0.25, 0.3) is 0 Å². The highest BCUT2D eigenvalue weighted by Gasteiger charge is 2.21. The molecule has 0 radical (unpaired) electrons. The van der Waals surface area contributed by atoms with Crippen molar-refractivity contribution < 1.29 is 9.59 Å². The molecule has 0 bridgehead atoms. The number of urea groups is 1. The van der Waals surface area contributed by atoms with Crippen LogP contribution in [0.5, 0.6) is 0 Å². The number of carbonyl (C=O) groups is 2. The Balaban J connectivity index is 1.48. The average Bonchev–Trinajstić information content (AvgIpc) is 3.31. The van der Waals surface area contributed by atoms with Crippen LogP contribution in [0.4, 0.5) is 10.5 Å². The molecular formula is C30H34N4O2. The van der Waals surface area contributed by atoms with E-state index in [0.29, 0.717) is 19.6 Å². The molecule has 0 spiro atoms. The van der Waals surface area contributed by atoms with Gasteiger partial charge in [-0.1, -0.05) is 73.2 Å². The van der Waals surface area contributed by atoms with Crippen molar-refractivity contribution in [2.45, 2.75) is 33.2 Å². The van der Waals surface area contributed by atoms with Crippen LogP contribution in [-0.4, -0.2) is 46.4 Å². The first-order valence-corrected chi connectivity index (χ1v) is 12.5. The molecule has 0 unspecified atom stereocenters. The van der Waals surface area contributed by atoms with Crippen LogP contribution in [0, 0.1) is 6.92 Å². The predicted octanol–water partition coefficient (Wildman–Crippen LogP) is 5.99. The third kappa shape index (κ3) is 6.54. The van der Waals surface area contributed by atoms with Crippen LogP contribution in [0.3, 0.4) is 0 Å². The van der Waals surface area contributed by atoms with Crippen molar-refractivity contribution in [3.05, 3.63) is 102 Å². The van der Waals surface area contributed by atoms with E-state index in [4.69, 9.17) is 0 Å². The van der Waals surface area contributed by atoms with E-state index in [0.717, 1.165) is 35.2 Å². The lowest BCUT2D eigenvalue weighted by Crippen LogP contribution is -2.45. The second kappa shape index (κ2) is 12.1. The number of aromatic amines is 1. The van der Waals surface area contributed by atoms with Crippen molar-refractivity contribution in [2.24, 2.45) is 0 Å². The Morgan fingerprint density at radius 2 is 1.58 bits per heavy atom. The van der Waals surface area contributed by atoms with Crippen molar-refractivity contribution >= 4 is 28.5 Å². The molecule has 0 aliphatic rings. The molecule has 0 aliphatic carbocycles. The van der Waals surface area contributed by atoms with Gasteiger partial charge in [0.15, 0.2) is 0 Å². The van der Waals surface area contributed by atoms with Crippen LogP contribution in [0.2, 0.25) is 0 Å². The quantitative estimate of drug-likeness (QED) is 0.291.